The number of hydrogen-bond acceptors (Lipinski definition) is 5. The van der Waals surface area contributed by atoms with Crippen molar-refractivity contribution in [3.8, 4) is 11.5 Å². The number of hydrogen-bond donors (Lipinski definition) is 0. The molecule has 0 unspecified atom stereocenters. The molecule has 0 spiro atoms. The van der Waals surface area contributed by atoms with E-state index in [0.717, 1.165) is 30.9 Å². The van der Waals surface area contributed by atoms with E-state index in [-0.39, 0.29) is 12.5 Å². The van der Waals surface area contributed by atoms with Crippen molar-refractivity contribution in [2.24, 2.45) is 0 Å². The molecule has 168 valence electrons. The molecule has 0 bridgehead atoms. The van der Waals surface area contributed by atoms with E-state index < -0.39 is 0 Å². The molecule has 0 saturated carbocycles. The summed E-state index contributed by atoms with van der Waals surface area (Å²) >= 11 is 12.3. The number of amides is 1. The van der Waals surface area contributed by atoms with Crippen molar-refractivity contribution in [1.82, 2.24) is 9.80 Å². The van der Waals surface area contributed by atoms with Crippen LogP contribution in [0.3, 0.4) is 0 Å². The van der Waals surface area contributed by atoms with Gasteiger partial charge in [0, 0.05) is 42.8 Å². The number of halogens is 2. The third-order valence-corrected chi connectivity index (χ3v) is 5.97. The van der Waals surface area contributed by atoms with E-state index >= 15 is 0 Å². The molecule has 1 aliphatic rings. The van der Waals surface area contributed by atoms with Gasteiger partial charge in [-0.1, -0.05) is 29.3 Å². The van der Waals surface area contributed by atoms with E-state index in [2.05, 4.69) is 4.90 Å². The Morgan fingerprint density at radius 3 is 2.38 bits per heavy atom. The van der Waals surface area contributed by atoms with Gasteiger partial charge < -0.3 is 18.8 Å². The standard InChI is InChI=1S/C24H24Cl2N2O4/c1-30-19-4-6-20(7-5-19)31-16-21-8-9-23(32-21)24(29)28-12-10-27(11-13-28)15-17-2-3-18(25)14-22(17)26/h2-9,14H,10-13,15-16H2,1H3. The largest absolute Gasteiger partial charge is 0.497 e. The van der Waals surface area contributed by atoms with Crippen LogP contribution in [0.1, 0.15) is 21.9 Å². The van der Waals surface area contributed by atoms with Gasteiger partial charge in [0.15, 0.2) is 5.76 Å². The Morgan fingerprint density at radius 1 is 0.969 bits per heavy atom. The van der Waals surface area contributed by atoms with Gasteiger partial charge in [-0.05, 0) is 54.1 Å². The summed E-state index contributed by atoms with van der Waals surface area (Å²) in [6.45, 7) is 3.75. The molecule has 8 heteroatoms. The zero-order valence-electron chi connectivity index (χ0n) is 17.7. The highest BCUT2D eigenvalue weighted by molar-refractivity contribution is 6.35. The van der Waals surface area contributed by atoms with Crippen molar-refractivity contribution < 1.29 is 18.7 Å². The highest BCUT2D eigenvalue weighted by atomic mass is 35.5. The minimum atomic E-state index is -0.107. The number of nitrogens with zero attached hydrogens (tertiary/aromatic N) is 2. The van der Waals surface area contributed by atoms with E-state index in [4.69, 9.17) is 37.1 Å². The summed E-state index contributed by atoms with van der Waals surface area (Å²) in [6, 6.07) is 16.3. The van der Waals surface area contributed by atoms with Crippen LogP contribution in [0.4, 0.5) is 0 Å². The second kappa shape index (κ2) is 10.3. The molecule has 2 aromatic carbocycles. The molecule has 1 aliphatic heterocycles. The van der Waals surface area contributed by atoms with Crippen LogP contribution in [0.25, 0.3) is 0 Å². The third kappa shape index (κ3) is 5.57. The van der Waals surface area contributed by atoms with Crippen molar-refractivity contribution in [3.63, 3.8) is 0 Å². The van der Waals surface area contributed by atoms with Crippen molar-refractivity contribution in [3.05, 3.63) is 81.7 Å². The highest BCUT2D eigenvalue weighted by Gasteiger charge is 2.24. The Kier molecular flexibility index (Phi) is 7.25. The SMILES string of the molecule is COc1ccc(OCc2ccc(C(=O)N3CCN(Cc4ccc(Cl)cc4Cl)CC3)o2)cc1. The minimum Gasteiger partial charge on any atom is -0.497 e. The first kappa shape index (κ1) is 22.5. The van der Waals surface area contributed by atoms with Crippen molar-refractivity contribution >= 4 is 29.1 Å². The molecule has 0 aliphatic carbocycles. The van der Waals surface area contributed by atoms with Gasteiger partial charge in [-0.15, -0.1) is 0 Å². The summed E-state index contributed by atoms with van der Waals surface area (Å²) in [6.07, 6.45) is 0. The van der Waals surface area contributed by atoms with Crippen LogP contribution in [-0.2, 0) is 13.2 Å². The van der Waals surface area contributed by atoms with Crippen LogP contribution >= 0.6 is 23.2 Å². The van der Waals surface area contributed by atoms with Gasteiger partial charge in [0.1, 0.15) is 23.9 Å². The lowest BCUT2D eigenvalue weighted by Gasteiger charge is -2.34. The topological polar surface area (TPSA) is 55.2 Å². The number of ether oxygens (including phenoxy) is 2. The summed E-state index contributed by atoms with van der Waals surface area (Å²) in [5.41, 5.74) is 1.03. The smallest absolute Gasteiger partial charge is 0.289 e. The molecule has 0 atom stereocenters. The van der Waals surface area contributed by atoms with Gasteiger partial charge in [-0.3, -0.25) is 9.69 Å². The van der Waals surface area contributed by atoms with Crippen LogP contribution in [-0.4, -0.2) is 49.0 Å². The summed E-state index contributed by atoms with van der Waals surface area (Å²) in [5, 5.41) is 1.29. The van der Waals surface area contributed by atoms with E-state index in [0.29, 0.717) is 40.4 Å². The number of carbonyl (C=O) groups excluding carboxylic acids is 1. The molecule has 1 fully saturated rings. The lowest BCUT2D eigenvalue weighted by Crippen LogP contribution is -2.48. The third-order valence-electron chi connectivity index (χ3n) is 5.38. The maximum atomic E-state index is 12.8. The Labute approximate surface area is 197 Å². The normalized spacial score (nSPS) is 14.4. The number of rotatable bonds is 7. The second-order valence-corrected chi connectivity index (χ2v) is 8.38. The molecule has 1 aromatic heterocycles. The van der Waals surface area contributed by atoms with E-state index in [1.54, 1.807) is 25.3 Å². The lowest BCUT2D eigenvalue weighted by atomic mass is 10.2. The van der Waals surface area contributed by atoms with Crippen molar-refractivity contribution in [1.29, 1.82) is 0 Å². The predicted molar refractivity (Wildman–Crippen MR) is 124 cm³/mol. The first-order valence-corrected chi connectivity index (χ1v) is 11.1. The number of benzene rings is 2. The predicted octanol–water partition coefficient (Wildman–Crippen LogP) is 5.13. The number of furan rings is 1. The quantitative estimate of drug-likeness (QED) is 0.474. The summed E-state index contributed by atoms with van der Waals surface area (Å²) in [4.78, 5) is 16.9. The zero-order chi connectivity index (χ0) is 22.5. The Balaban J connectivity index is 1.27. The Morgan fingerprint density at radius 2 is 1.69 bits per heavy atom. The van der Waals surface area contributed by atoms with Gasteiger partial charge in [0.2, 0.25) is 0 Å². The monoisotopic (exact) mass is 474 g/mol. The minimum absolute atomic E-state index is 0.107. The fourth-order valence-electron chi connectivity index (χ4n) is 3.55. The van der Waals surface area contributed by atoms with Crippen LogP contribution in [0.15, 0.2) is 59.0 Å². The summed E-state index contributed by atoms with van der Waals surface area (Å²) in [5.74, 6) is 2.28. The number of methoxy groups -OCH3 is 1. The molecule has 6 nitrogen and oxygen atoms in total. The molecule has 2 heterocycles. The first-order chi connectivity index (χ1) is 15.5. The fourth-order valence-corrected chi connectivity index (χ4v) is 4.02. The van der Waals surface area contributed by atoms with Gasteiger partial charge in [0.05, 0.1) is 7.11 Å². The average Bonchev–Trinajstić information content (AvgIpc) is 3.29. The average molecular weight is 475 g/mol. The maximum Gasteiger partial charge on any atom is 0.289 e. The van der Waals surface area contributed by atoms with Gasteiger partial charge >= 0.3 is 0 Å². The van der Waals surface area contributed by atoms with Crippen LogP contribution < -0.4 is 9.47 Å². The summed E-state index contributed by atoms with van der Waals surface area (Å²) in [7, 11) is 1.62. The molecule has 1 amide bonds. The Hall–Kier alpha value is -2.67. The van der Waals surface area contributed by atoms with Crippen LogP contribution in [0.5, 0.6) is 11.5 Å². The lowest BCUT2D eigenvalue weighted by molar-refractivity contribution is 0.0594. The van der Waals surface area contributed by atoms with Gasteiger partial charge in [0.25, 0.3) is 5.91 Å². The Bertz CT molecular complexity index is 1060. The van der Waals surface area contributed by atoms with Gasteiger partial charge in [-0.2, -0.15) is 0 Å². The van der Waals surface area contributed by atoms with E-state index in [1.165, 1.54) is 0 Å². The molecule has 4 rings (SSSR count). The van der Waals surface area contributed by atoms with E-state index in [1.807, 2.05) is 41.3 Å². The highest BCUT2D eigenvalue weighted by Crippen LogP contribution is 2.23. The molecular weight excluding hydrogens is 451 g/mol. The molecule has 0 radical (unpaired) electrons. The fraction of sp³-hybridized carbons (Fsp3) is 0.292. The molecule has 32 heavy (non-hydrogen) atoms. The molecular formula is C24H24Cl2N2O4. The summed E-state index contributed by atoms with van der Waals surface area (Å²) < 4.78 is 16.6. The molecule has 1 saturated heterocycles. The van der Waals surface area contributed by atoms with Crippen LogP contribution in [0, 0.1) is 0 Å². The van der Waals surface area contributed by atoms with Crippen molar-refractivity contribution in [2.75, 3.05) is 33.3 Å². The number of piperazine rings is 1. The zero-order valence-corrected chi connectivity index (χ0v) is 19.2. The first-order valence-electron chi connectivity index (χ1n) is 10.3. The molecule has 3 aromatic rings. The maximum absolute atomic E-state index is 12.8. The van der Waals surface area contributed by atoms with E-state index in [9.17, 15) is 4.79 Å². The second-order valence-electron chi connectivity index (χ2n) is 7.53. The number of carbonyl (C=O) groups is 1. The van der Waals surface area contributed by atoms with Crippen molar-refractivity contribution in [2.45, 2.75) is 13.2 Å². The van der Waals surface area contributed by atoms with Crippen LogP contribution in [0.2, 0.25) is 10.0 Å². The van der Waals surface area contributed by atoms with Gasteiger partial charge in [-0.25, -0.2) is 0 Å². The molecule has 0 N–H and O–H groups in total.